The molecule has 162 valence electrons. The SMILES string of the molecule is COc1ccc(C2CCCCCN2C(=O)CCc2ncc(-c3ccc(C)cc3)o2)cc1. The van der Waals surface area contributed by atoms with Crippen LogP contribution in [-0.2, 0) is 11.2 Å². The maximum atomic E-state index is 13.2. The van der Waals surface area contributed by atoms with E-state index in [2.05, 4.69) is 41.1 Å². The van der Waals surface area contributed by atoms with Gasteiger partial charge in [-0.2, -0.15) is 0 Å². The van der Waals surface area contributed by atoms with Gasteiger partial charge in [-0.25, -0.2) is 4.98 Å². The largest absolute Gasteiger partial charge is 0.497 e. The van der Waals surface area contributed by atoms with Crippen molar-refractivity contribution >= 4 is 5.91 Å². The van der Waals surface area contributed by atoms with Crippen molar-refractivity contribution in [2.75, 3.05) is 13.7 Å². The second-order valence-electron chi connectivity index (χ2n) is 8.21. The van der Waals surface area contributed by atoms with Crippen molar-refractivity contribution < 1.29 is 13.9 Å². The van der Waals surface area contributed by atoms with Crippen LogP contribution in [0.1, 0.15) is 55.2 Å². The zero-order chi connectivity index (χ0) is 21.6. The molecule has 3 aromatic rings. The van der Waals surface area contributed by atoms with E-state index in [9.17, 15) is 4.79 Å². The fourth-order valence-corrected chi connectivity index (χ4v) is 4.21. The molecule has 1 aliphatic heterocycles. The summed E-state index contributed by atoms with van der Waals surface area (Å²) in [4.78, 5) is 19.6. The highest BCUT2D eigenvalue weighted by molar-refractivity contribution is 5.77. The number of hydrogen-bond acceptors (Lipinski definition) is 4. The predicted molar refractivity (Wildman–Crippen MR) is 121 cm³/mol. The molecular weight excluding hydrogens is 388 g/mol. The molecule has 5 nitrogen and oxygen atoms in total. The van der Waals surface area contributed by atoms with E-state index in [0.717, 1.165) is 49.3 Å². The first kappa shape index (κ1) is 21.2. The van der Waals surface area contributed by atoms with E-state index in [1.165, 1.54) is 11.1 Å². The molecule has 1 aromatic heterocycles. The van der Waals surface area contributed by atoms with Crippen molar-refractivity contribution in [3.05, 3.63) is 71.7 Å². The summed E-state index contributed by atoms with van der Waals surface area (Å²) >= 11 is 0. The van der Waals surface area contributed by atoms with Crippen molar-refractivity contribution in [1.82, 2.24) is 9.88 Å². The van der Waals surface area contributed by atoms with Gasteiger partial charge < -0.3 is 14.1 Å². The number of benzene rings is 2. The third kappa shape index (κ3) is 5.16. The van der Waals surface area contributed by atoms with Gasteiger partial charge in [-0.05, 0) is 37.5 Å². The Kier molecular flexibility index (Phi) is 6.70. The Balaban J connectivity index is 1.42. The van der Waals surface area contributed by atoms with E-state index < -0.39 is 0 Å². The maximum absolute atomic E-state index is 13.2. The van der Waals surface area contributed by atoms with Crippen molar-refractivity contribution in [1.29, 1.82) is 0 Å². The van der Waals surface area contributed by atoms with Crippen LogP contribution < -0.4 is 4.74 Å². The summed E-state index contributed by atoms with van der Waals surface area (Å²) in [5, 5.41) is 0. The van der Waals surface area contributed by atoms with Crippen LogP contribution in [0, 0.1) is 6.92 Å². The van der Waals surface area contributed by atoms with Crippen molar-refractivity contribution in [2.24, 2.45) is 0 Å². The minimum atomic E-state index is 0.119. The zero-order valence-corrected chi connectivity index (χ0v) is 18.3. The number of hydrogen-bond donors (Lipinski definition) is 0. The molecule has 1 unspecified atom stereocenters. The monoisotopic (exact) mass is 418 g/mol. The van der Waals surface area contributed by atoms with Gasteiger partial charge >= 0.3 is 0 Å². The molecular formula is C26H30N2O3. The first-order valence-electron chi connectivity index (χ1n) is 11.1. The minimum Gasteiger partial charge on any atom is -0.497 e. The molecule has 0 N–H and O–H groups in total. The van der Waals surface area contributed by atoms with E-state index in [4.69, 9.17) is 9.15 Å². The molecule has 0 aliphatic carbocycles. The zero-order valence-electron chi connectivity index (χ0n) is 18.3. The molecule has 0 radical (unpaired) electrons. The number of aryl methyl sites for hydroxylation is 2. The lowest BCUT2D eigenvalue weighted by molar-refractivity contribution is -0.133. The summed E-state index contributed by atoms with van der Waals surface area (Å²) < 4.78 is 11.2. The summed E-state index contributed by atoms with van der Waals surface area (Å²) in [5.41, 5.74) is 3.38. The summed E-state index contributed by atoms with van der Waals surface area (Å²) in [7, 11) is 1.67. The fraction of sp³-hybridized carbons (Fsp3) is 0.385. The van der Waals surface area contributed by atoms with Crippen LogP contribution >= 0.6 is 0 Å². The third-order valence-electron chi connectivity index (χ3n) is 6.02. The number of ether oxygens (including phenoxy) is 1. The molecule has 0 spiro atoms. The average Bonchev–Trinajstić information content (AvgIpc) is 3.14. The van der Waals surface area contributed by atoms with Crippen LogP contribution in [0.25, 0.3) is 11.3 Å². The number of amides is 1. The van der Waals surface area contributed by atoms with Crippen LogP contribution in [0.2, 0.25) is 0 Å². The van der Waals surface area contributed by atoms with E-state index in [-0.39, 0.29) is 11.9 Å². The second kappa shape index (κ2) is 9.82. The number of nitrogens with zero attached hydrogens (tertiary/aromatic N) is 2. The second-order valence-corrected chi connectivity index (χ2v) is 8.21. The quantitative estimate of drug-likeness (QED) is 0.513. The molecule has 2 heterocycles. The summed E-state index contributed by atoms with van der Waals surface area (Å²) in [6.45, 7) is 2.86. The molecule has 1 aliphatic rings. The number of rotatable bonds is 6. The van der Waals surface area contributed by atoms with Crippen molar-refractivity contribution in [3.63, 3.8) is 0 Å². The van der Waals surface area contributed by atoms with E-state index >= 15 is 0 Å². The van der Waals surface area contributed by atoms with E-state index in [1.807, 2.05) is 24.3 Å². The number of carbonyl (C=O) groups excluding carboxylic acids is 1. The van der Waals surface area contributed by atoms with Crippen molar-refractivity contribution in [3.8, 4) is 17.1 Å². The Bertz CT molecular complexity index is 992. The van der Waals surface area contributed by atoms with Crippen LogP contribution in [0.3, 0.4) is 0 Å². The molecule has 5 heteroatoms. The Morgan fingerprint density at radius 1 is 1.10 bits per heavy atom. The van der Waals surface area contributed by atoms with E-state index in [0.29, 0.717) is 18.7 Å². The summed E-state index contributed by atoms with van der Waals surface area (Å²) in [5.74, 6) is 2.36. The Morgan fingerprint density at radius 2 is 1.87 bits per heavy atom. The number of methoxy groups -OCH3 is 1. The highest BCUT2D eigenvalue weighted by atomic mass is 16.5. The number of likely N-dealkylation sites (tertiary alicyclic amines) is 1. The van der Waals surface area contributed by atoms with Gasteiger partial charge in [0.15, 0.2) is 11.7 Å². The first-order chi connectivity index (χ1) is 15.1. The summed E-state index contributed by atoms with van der Waals surface area (Å²) in [6.07, 6.45) is 7.01. The van der Waals surface area contributed by atoms with Crippen LogP contribution in [0.15, 0.2) is 59.1 Å². The fourth-order valence-electron chi connectivity index (χ4n) is 4.21. The van der Waals surface area contributed by atoms with Gasteiger partial charge in [0.2, 0.25) is 5.91 Å². The molecule has 4 rings (SSSR count). The smallest absolute Gasteiger partial charge is 0.223 e. The standard InChI is InChI=1S/C26H30N2O3/c1-19-7-9-21(10-8-19)24-18-27-25(31-24)15-16-26(29)28-17-5-3-4-6-23(28)20-11-13-22(30-2)14-12-20/h7-14,18,23H,3-6,15-17H2,1-2H3. The molecule has 1 saturated heterocycles. The normalized spacial score (nSPS) is 16.7. The minimum absolute atomic E-state index is 0.119. The lowest BCUT2D eigenvalue weighted by atomic mass is 10.00. The third-order valence-corrected chi connectivity index (χ3v) is 6.02. The highest BCUT2D eigenvalue weighted by Gasteiger charge is 2.27. The molecule has 31 heavy (non-hydrogen) atoms. The highest BCUT2D eigenvalue weighted by Crippen LogP contribution is 2.32. The van der Waals surface area contributed by atoms with Crippen LogP contribution in [0.4, 0.5) is 0 Å². The van der Waals surface area contributed by atoms with Gasteiger partial charge in [0.25, 0.3) is 0 Å². The maximum Gasteiger partial charge on any atom is 0.223 e. The van der Waals surface area contributed by atoms with Gasteiger partial charge in [0, 0.05) is 24.9 Å². The molecule has 0 saturated carbocycles. The first-order valence-corrected chi connectivity index (χ1v) is 11.1. The molecule has 1 amide bonds. The van der Waals surface area contributed by atoms with Gasteiger partial charge in [-0.15, -0.1) is 0 Å². The van der Waals surface area contributed by atoms with Gasteiger partial charge in [0.05, 0.1) is 19.3 Å². The molecule has 2 aromatic carbocycles. The molecule has 1 fully saturated rings. The van der Waals surface area contributed by atoms with Gasteiger partial charge in [0.1, 0.15) is 5.75 Å². The summed E-state index contributed by atoms with van der Waals surface area (Å²) in [6, 6.07) is 16.4. The Morgan fingerprint density at radius 3 is 2.61 bits per heavy atom. The number of carbonyl (C=O) groups is 1. The van der Waals surface area contributed by atoms with Gasteiger partial charge in [-0.3, -0.25) is 4.79 Å². The lowest BCUT2D eigenvalue weighted by Crippen LogP contribution is -2.35. The average molecular weight is 419 g/mol. The van der Waals surface area contributed by atoms with E-state index in [1.54, 1.807) is 13.3 Å². The van der Waals surface area contributed by atoms with Crippen LogP contribution in [-0.4, -0.2) is 29.4 Å². The van der Waals surface area contributed by atoms with Crippen LogP contribution in [0.5, 0.6) is 5.75 Å². The lowest BCUT2D eigenvalue weighted by Gasteiger charge is -2.30. The van der Waals surface area contributed by atoms with Gasteiger partial charge in [-0.1, -0.05) is 54.8 Å². The Labute approximate surface area is 184 Å². The Hall–Kier alpha value is -3.08. The van der Waals surface area contributed by atoms with Crippen molar-refractivity contribution in [2.45, 2.75) is 51.5 Å². The number of aromatic nitrogens is 1. The topological polar surface area (TPSA) is 55.6 Å². The molecule has 0 bridgehead atoms. The molecule has 1 atom stereocenters. The number of oxazole rings is 1. The predicted octanol–water partition coefficient (Wildman–Crippen LogP) is 5.74.